The number of para-hydroxylation sites is 3. The highest BCUT2D eigenvalue weighted by molar-refractivity contribution is 6.08. The van der Waals surface area contributed by atoms with Crippen molar-refractivity contribution in [3.8, 4) is 0 Å². The van der Waals surface area contributed by atoms with E-state index in [1.165, 1.54) is 0 Å². The number of nitrogens with zero attached hydrogens (tertiary/aromatic N) is 1. The second-order valence-corrected chi connectivity index (χ2v) is 4.71. The number of hydrogen-bond donors (Lipinski definition) is 2. The molecule has 2 aromatic carbocycles. The van der Waals surface area contributed by atoms with Gasteiger partial charge in [-0.05, 0) is 24.3 Å². The van der Waals surface area contributed by atoms with Crippen molar-refractivity contribution in [2.75, 3.05) is 17.3 Å². The Hall–Kier alpha value is -2.59. The lowest BCUT2D eigenvalue weighted by molar-refractivity contribution is 0.229. The van der Waals surface area contributed by atoms with E-state index < -0.39 is 0 Å². The fraction of sp³-hybridized carbons (Fsp3) is 0.0625. The van der Waals surface area contributed by atoms with Crippen LogP contribution in [0.3, 0.4) is 0 Å². The predicted molar refractivity (Wildman–Crippen MR) is 82.4 cm³/mol. The molecule has 0 saturated heterocycles. The van der Waals surface area contributed by atoms with E-state index in [2.05, 4.69) is 17.3 Å². The first-order chi connectivity index (χ1) is 9.76. The van der Waals surface area contributed by atoms with E-state index in [4.69, 9.17) is 0 Å². The van der Waals surface area contributed by atoms with Gasteiger partial charge in [0.25, 0.3) is 0 Å². The van der Waals surface area contributed by atoms with E-state index >= 15 is 0 Å². The first-order valence-electron chi connectivity index (χ1n) is 6.50. The maximum absolute atomic E-state index is 12.5. The van der Waals surface area contributed by atoms with Crippen LogP contribution in [-0.2, 0) is 0 Å². The van der Waals surface area contributed by atoms with E-state index in [0.717, 1.165) is 17.1 Å². The van der Waals surface area contributed by atoms with Gasteiger partial charge in [-0.1, -0.05) is 36.9 Å². The molecule has 0 aliphatic carbocycles. The zero-order chi connectivity index (χ0) is 14.0. The van der Waals surface area contributed by atoms with Crippen LogP contribution in [-0.4, -0.2) is 12.6 Å². The van der Waals surface area contributed by atoms with E-state index in [-0.39, 0.29) is 10.6 Å². The summed E-state index contributed by atoms with van der Waals surface area (Å²) in [6, 6.07) is 17.3. The third-order valence-corrected chi connectivity index (χ3v) is 3.40. The van der Waals surface area contributed by atoms with Gasteiger partial charge in [-0.25, -0.2) is 10.2 Å². The molecular formula is C16H16N3O+. The number of amides is 2. The number of hydrogen-bond acceptors (Lipinski definition) is 2. The fourth-order valence-electron chi connectivity index (χ4n) is 2.50. The molecule has 1 aliphatic rings. The number of anilines is 2. The molecule has 4 nitrogen and oxygen atoms in total. The van der Waals surface area contributed by atoms with Crippen molar-refractivity contribution >= 4 is 23.1 Å². The Bertz CT molecular complexity index is 654. The van der Waals surface area contributed by atoms with Crippen LogP contribution >= 0.6 is 0 Å². The van der Waals surface area contributed by atoms with Crippen LogP contribution in [0.15, 0.2) is 67.3 Å². The molecule has 0 aromatic heterocycles. The number of rotatable bonds is 4. The van der Waals surface area contributed by atoms with Crippen molar-refractivity contribution in [3.63, 3.8) is 0 Å². The molecule has 0 fully saturated rings. The Labute approximate surface area is 117 Å². The molecule has 0 spiro atoms. The molecule has 0 radical (unpaired) electrons. The number of benzene rings is 2. The van der Waals surface area contributed by atoms with Gasteiger partial charge < -0.3 is 0 Å². The summed E-state index contributed by atoms with van der Waals surface area (Å²) in [6.45, 7) is 4.25. The molecule has 1 heterocycles. The zero-order valence-electron chi connectivity index (χ0n) is 11.0. The lowest BCUT2D eigenvalue weighted by Crippen LogP contribution is -2.57. The van der Waals surface area contributed by atoms with Crippen molar-refractivity contribution in [1.29, 1.82) is 0 Å². The lowest BCUT2D eigenvalue weighted by Gasteiger charge is -2.29. The Balaban J connectivity index is 2.08. The average molecular weight is 266 g/mol. The van der Waals surface area contributed by atoms with Gasteiger partial charge in [-0.15, -0.1) is 4.59 Å². The second kappa shape index (κ2) is 4.83. The zero-order valence-corrected chi connectivity index (χ0v) is 11.0. The number of urea groups is 1. The molecule has 100 valence electrons. The normalized spacial score (nSPS) is 20.1. The predicted octanol–water partition coefficient (Wildman–Crippen LogP) is 3.75. The second-order valence-electron chi connectivity index (χ2n) is 4.71. The summed E-state index contributed by atoms with van der Waals surface area (Å²) in [5.74, 6) is 0. The first kappa shape index (κ1) is 12.4. The van der Waals surface area contributed by atoms with Crippen LogP contribution in [0.1, 0.15) is 0 Å². The molecule has 2 aromatic rings. The van der Waals surface area contributed by atoms with Crippen LogP contribution in [0.4, 0.5) is 21.9 Å². The van der Waals surface area contributed by atoms with Gasteiger partial charge >= 0.3 is 6.03 Å². The van der Waals surface area contributed by atoms with Gasteiger partial charge in [0, 0.05) is 6.07 Å². The van der Waals surface area contributed by atoms with E-state index in [0.29, 0.717) is 6.54 Å². The van der Waals surface area contributed by atoms with Crippen LogP contribution in [0, 0.1) is 0 Å². The highest BCUT2D eigenvalue weighted by Crippen LogP contribution is 2.38. The summed E-state index contributed by atoms with van der Waals surface area (Å²) >= 11 is 0. The fourth-order valence-corrected chi connectivity index (χ4v) is 2.50. The van der Waals surface area contributed by atoms with Crippen molar-refractivity contribution in [3.05, 3.63) is 67.3 Å². The molecule has 2 N–H and O–H groups in total. The first-order valence-corrected chi connectivity index (χ1v) is 6.50. The van der Waals surface area contributed by atoms with Gasteiger partial charge in [0.2, 0.25) is 0 Å². The van der Waals surface area contributed by atoms with Gasteiger partial charge in [0.1, 0.15) is 12.2 Å². The molecule has 0 bridgehead atoms. The number of quaternary nitrogens is 1. The maximum Gasteiger partial charge on any atom is 0.451 e. The number of nitrogens with one attached hydrogen (secondary N) is 2. The smallest absolute Gasteiger partial charge is 0.267 e. The van der Waals surface area contributed by atoms with Gasteiger partial charge in [-0.3, -0.25) is 5.32 Å². The minimum Gasteiger partial charge on any atom is -0.267 e. The SMILES string of the molecule is C=CC[N+]1(Nc2ccccc2)C(=O)Nc2ccccc21. The average Bonchev–Trinajstić information content (AvgIpc) is 2.74. The summed E-state index contributed by atoms with van der Waals surface area (Å²) in [5.41, 5.74) is 5.95. The number of fused-ring (bicyclic) bond motifs is 1. The molecule has 1 atom stereocenters. The van der Waals surface area contributed by atoms with E-state index in [1.54, 1.807) is 6.08 Å². The summed E-state index contributed by atoms with van der Waals surface area (Å²) in [6.07, 6.45) is 1.75. The van der Waals surface area contributed by atoms with Crippen molar-refractivity contribution in [1.82, 2.24) is 4.59 Å². The molecule has 2 amide bonds. The topological polar surface area (TPSA) is 41.1 Å². The molecule has 1 unspecified atom stereocenters. The van der Waals surface area contributed by atoms with Gasteiger partial charge in [0.05, 0.1) is 5.69 Å². The number of carbonyl (C=O) groups excluding carboxylic acids is 1. The molecule has 1 aliphatic heterocycles. The summed E-state index contributed by atoms with van der Waals surface area (Å²) in [7, 11) is 0. The Morgan fingerprint density at radius 1 is 1.10 bits per heavy atom. The molecule has 4 heteroatoms. The van der Waals surface area contributed by atoms with Crippen molar-refractivity contribution in [2.45, 2.75) is 0 Å². The van der Waals surface area contributed by atoms with Gasteiger partial charge in [-0.2, -0.15) is 0 Å². The summed E-state index contributed by atoms with van der Waals surface area (Å²) in [4.78, 5) is 12.5. The summed E-state index contributed by atoms with van der Waals surface area (Å²) < 4.78 is 0.00366. The highest BCUT2D eigenvalue weighted by atomic mass is 16.2. The van der Waals surface area contributed by atoms with Crippen molar-refractivity contribution in [2.24, 2.45) is 0 Å². The summed E-state index contributed by atoms with van der Waals surface area (Å²) in [5, 5.41) is 2.92. The molecule has 0 saturated carbocycles. The van der Waals surface area contributed by atoms with Gasteiger partial charge in [0.15, 0.2) is 5.69 Å². The Morgan fingerprint density at radius 3 is 2.55 bits per heavy atom. The Kier molecular flexibility index (Phi) is 3.00. The third-order valence-electron chi connectivity index (χ3n) is 3.40. The standard InChI is InChI=1S/C16H15N3O/c1-2-12-19(18-13-8-4-3-5-9-13)15-11-7-6-10-14(15)17-16(19)20/h2-11,18H,1,12H2/p+1. The monoisotopic (exact) mass is 266 g/mol. The molecular weight excluding hydrogens is 250 g/mol. The number of carbonyl (C=O) groups is 1. The Morgan fingerprint density at radius 2 is 1.80 bits per heavy atom. The molecule has 3 rings (SSSR count). The minimum absolute atomic E-state index is 0.00366. The largest absolute Gasteiger partial charge is 0.451 e. The lowest BCUT2D eigenvalue weighted by atomic mass is 10.2. The maximum atomic E-state index is 12.5. The highest BCUT2D eigenvalue weighted by Gasteiger charge is 2.47. The quantitative estimate of drug-likeness (QED) is 0.653. The minimum atomic E-state index is -0.102. The van der Waals surface area contributed by atoms with E-state index in [1.807, 2.05) is 54.6 Å². The van der Waals surface area contributed by atoms with Crippen LogP contribution < -0.4 is 15.3 Å². The van der Waals surface area contributed by atoms with Crippen molar-refractivity contribution < 1.29 is 4.79 Å². The van der Waals surface area contributed by atoms with Crippen LogP contribution in [0.5, 0.6) is 0 Å². The third kappa shape index (κ3) is 1.87. The van der Waals surface area contributed by atoms with E-state index in [9.17, 15) is 4.79 Å². The molecule has 20 heavy (non-hydrogen) atoms. The van der Waals surface area contributed by atoms with Crippen LogP contribution in [0.2, 0.25) is 0 Å². The van der Waals surface area contributed by atoms with Crippen LogP contribution in [0.25, 0.3) is 0 Å².